The van der Waals surface area contributed by atoms with E-state index < -0.39 is 0 Å². The van der Waals surface area contributed by atoms with Gasteiger partial charge in [-0.1, -0.05) is 39.3 Å². The van der Waals surface area contributed by atoms with E-state index in [0.29, 0.717) is 10.8 Å². The summed E-state index contributed by atoms with van der Waals surface area (Å²) in [6.45, 7) is 11.8. The van der Waals surface area contributed by atoms with E-state index in [-0.39, 0.29) is 6.10 Å². The van der Waals surface area contributed by atoms with Gasteiger partial charge in [0.05, 0.1) is 6.10 Å². The van der Waals surface area contributed by atoms with Gasteiger partial charge in [-0.25, -0.2) is 0 Å². The Morgan fingerprint density at radius 3 is 2.66 bits per heavy atom. The van der Waals surface area contributed by atoms with Gasteiger partial charge in [0.1, 0.15) is 0 Å². The molecule has 2 saturated heterocycles. The zero-order chi connectivity index (χ0) is 20.1. The van der Waals surface area contributed by atoms with Crippen LogP contribution in [0.4, 0.5) is 0 Å². The third-order valence-corrected chi connectivity index (χ3v) is 11.7. The quantitative estimate of drug-likeness (QED) is 0.534. The summed E-state index contributed by atoms with van der Waals surface area (Å²) in [7, 11) is 0. The molecule has 0 bridgehead atoms. The zero-order valence-electron chi connectivity index (χ0n) is 19.2. The normalized spacial score (nSPS) is 59.2. The van der Waals surface area contributed by atoms with Crippen molar-refractivity contribution in [2.45, 2.75) is 104 Å². The van der Waals surface area contributed by atoms with Crippen molar-refractivity contribution in [3.05, 3.63) is 11.6 Å². The molecule has 11 atom stereocenters. The molecule has 29 heavy (non-hydrogen) atoms. The lowest BCUT2D eigenvalue weighted by atomic mass is 9.47. The first-order chi connectivity index (χ1) is 13.8. The average Bonchev–Trinajstić information content (AvgIpc) is 3.15. The van der Waals surface area contributed by atoms with Gasteiger partial charge < -0.3 is 5.11 Å². The molecular formula is C27H43NO. The minimum absolute atomic E-state index is 0.0792. The summed E-state index contributed by atoms with van der Waals surface area (Å²) in [6.07, 6.45) is 14.3. The Bertz CT molecular complexity index is 715. The SMILES string of the molecule is C[C@H]1CCC2[C@@H](C)[C@H]3[C@H](C[C@H]4[C@@H]5CC=C6C[C@@H](O)CC[C@]6(C)[C@H]5CC[C@]34C)N2C1. The average molecular weight is 398 g/mol. The second-order valence-corrected chi connectivity index (χ2v) is 12.8. The summed E-state index contributed by atoms with van der Waals surface area (Å²) in [6, 6.07) is 1.75. The van der Waals surface area contributed by atoms with E-state index in [1.807, 2.05) is 0 Å². The molecule has 2 heteroatoms. The van der Waals surface area contributed by atoms with E-state index in [1.165, 1.54) is 51.5 Å². The fourth-order valence-electron chi connectivity index (χ4n) is 10.4. The summed E-state index contributed by atoms with van der Waals surface area (Å²) in [5.74, 6) is 5.44. The highest BCUT2D eigenvalue weighted by atomic mass is 16.3. The summed E-state index contributed by atoms with van der Waals surface area (Å²) >= 11 is 0. The largest absolute Gasteiger partial charge is 0.393 e. The van der Waals surface area contributed by atoms with Gasteiger partial charge in [-0.2, -0.15) is 0 Å². The van der Waals surface area contributed by atoms with Crippen LogP contribution in [0.5, 0.6) is 0 Å². The number of aliphatic hydroxyl groups excluding tert-OH is 1. The van der Waals surface area contributed by atoms with E-state index in [1.54, 1.807) is 5.57 Å². The third-order valence-electron chi connectivity index (χ3n) is 11.7. The molecule has 0 radical (unpaired) electrons. The Kier molecular flexibility index (Phi) is 4.23. The van der Waals surface area contributed by atoms with E-state index in [4.69, 9.17) is 0 Å². The molecular weight excluding hydrogens is 354 g/mol. The van der Waals surface area contributed by atoms with Crippen molar-refractivity contribution in [3.63, 3.8) is 0 Å². The highest BCUT2D eigenvalue weighted by Crippen LogP contribution is 2.69. The molecule has 0 amide bonds. The molecule has 162 valence electrons. The number of aliphatic hydroxyl groups is 1. The highest BCUT2D eigenvalue weighted by Gasteiger charge is 2.66. The lowest BCUT2D eigenvalue weighted by molar-refractivity contribution is -0.0574. The number of allylic oxidation sites excluding steroid dienone is 1. The lowest BCUT2D eigenvalue weighted by Gasteiger charge is -2.58. The van der Waals surface area contributed by atoms with Crippen LogP contribution in [0, 0.1) is 46.3 Å². The predicted molar refractivity (Wildman–Crippen MR) is 118 cm³/mol. The van der Waals surface area contributed by atoms with Crippen molar-refractivity contribution in [2.24, 2.45) is 46.3 Å². The first-order valence-corrected chi connectivity index (χ1v) is 13.0. The molecule has 1 unspecified atom stereocenters. The van der Waals surface area contributed by atoms with Crippen LogP contribution in [-0.2, 0) is 0 Å². The standard InChI is InChI=1S/C27H43NO/c1-16-5-8-23-17(2)25-24(28(23)15-16)14-22-20-7-6-18-13-19(29)9-11-26(18,3)21(20)10-12-27(22,25)4/h6,16-17,19-25,29H,5,7-15H2,1-4H3/t16-,17+,19-,20+,21-,22-,23?,24-,25-,26-,27-/m0/s1. The zero-order valence-corrected chi connectivity index (χ0v) is 19.2. The number of piperidine rings is 1. The number of fused-ring (bicyclic) bond motifs is 9. The van der Waals surface area contributed by atoms with Crippen LogP contribution in [0.15, 0.2) is 11.6 Å². The number of hydrogen-bond donors (Lipinski definition) is 1. The van der Waals surface area contributed by atoms with Crippen LogP contribution < -0.4 is 0 Å². The molecule has 0 aromatic carbocycles. The Balaban J connectivity index is 1.33. The smallest absolute Gasteiger partial charge is 0.0577 e. The molecule has 2 nitrogen and oxygen atoms in total. The second-order valence-electron chi connectivity index (χ2n) is 12.8. The summed E-state index contributed by atoms with van der Waals surface area (Å²) < 4.78 is 0. The highest BCUT2D eigenvalue weighted by molar-refractivity contribution is 5.26. The molecule has 0 aromatic heterocycles. The Morgan fingerprint density at radius 1 is 1.00 bits per heavy atom. The van der Waals surface area contributed by atoms with Crippen LogP contribution >= 0.6 is 0 Å². The van der Waals surface area contributed by atoms with E-state index in [9.17, 15) is 5.11 Å². The minimum atomic E-state index is -0.0792. The Morgan fingerprint density at radius 2 is 1.83 bits per heavy atom. The van der Waals surface area contributed by atoms with E-state index in [0.717, 1.165) is 60.4 Å². The molecule has 0 aromatic rings. The van der Waals surface area contributed by atoms with Gasteiger partial charge in [-0.15, -0.1) is 0 Å². The molecule has 6 rings (SSSR count). The van der Waals surface area contributed by atoms with Crippen LogP contribution in [0.3, 0.4) is 0 Å². The molecule has 4 aliphatic carbocycles. The molecule has 3 saturated carbocycles. The fourth-order valence-corrected chi connectivity index (χ4v) is 10.4. The number of nitrogens with zero attached hydrogens (tertiary/aromatic N) is 1. The maximum atomic E-state index is 10.3. The molecule has 2 aliphatic heterocycles. The van der Waals surface area contributed by atoms with Gasteiger partial charge in [0, 0.05) is 18.6 Å². The molecule has 5 fully saturated rings. The van der Waals surface area contributed by atoms with Crippen molar-refractivity contribution in [2.75, 3.05) is 6.54 Å². The van der Waals surface area contributed by atoms with Crippen molar-refractivity contribution < 1.29 is 5.11 Å². The van der Waals surface area contributed by atoms with Crippen LogP contribution in [0.1, 0.15) is 85.5 Å². The number of hydrogen-bond acceptors (Lipinski definition) is 2. The Labute approximate surface area is 178 Å². The molecule has 0 spiro atoms. The van der Waals surface area contributed by atoms with Crippen molar-refractivity contribution in [3.8, 4) is 0 Å². The number of rotatable bonds is 0. The lowest BCUT2D eigenvalue weighted by Crippen LogP contribution is -2.51. The van der Waals surface area contributed by atoms with Crippen molar-refractivity contribution >= 4 is 0 Å². The van der Waals surface area contributed by atoms with Gasteiger partial charge in [0.15, 0.2) is 0 Å². The van der Waals surface area contributed by atoms with Gasteiger partial charge in [0.2, 0.25) is 0 Å². The van der Waals surface area contributed by atoms with Gasteiger partial charge in [-0.3, -0.25) is 4.90 Å². The van der Waals surface area contributed by atoms with Crippen molar-refractivity contribution in [1.82, 2.24) is 4.90 Å². The van der Waals surface area contributed by atoms with Crippen LogP contribution in [0.2, 0.25) is 0 Å². The monoisotopic (exact) mass is 397 g/mol. The maximum absolute atomic E-state index is 10.3. The van der Waals surface area contributed by atoms with Crippen LogP contribution in [-0.4, -0.2) is 34.7 Å². The first kappa shape index (κ1) is 19.4. The summed E-state index contributed by atoms with van der Waals surface area (Å²) in [5.41, 5.74) is 2.58. The van der Waals surface area contributed by atoms with E-state index >= 15 is 0 Å². The third kappa shape index (κ3) is 2.48. The van der Waals surface area contributed by atoms with Crippen LogP contribution in [0.25, 0.3) is 0 Å². The predicted octanol–water partition coefficient (Wildman–Crippen LogP) is 5.66. The van der Waals surface area contributed by atoms with Gasteiger partial charge in [0.25, 0.3) is 0 Å². The van der Waals surface area contributed by atoms with Gasteiger partial charge >= 0.3 is 0 Å². The first-order valence-electron chi connectivity index (χ1n) is 13.0. The topological polar surface area (TPSA) is 23.5 Å². The fraction of sp³-hybridized carbons (Fsp3) is 0.926. The second kappa shape index (κ2) is 6.35. The minimum Gasteiger partial charge on any atom is -0.393 e. The molecule has 6 aliphatic rings. The van der Waals surface area contributed by atoms with E-state index in [2.05, 4.69) is 38.7 Å². The van der Waals surface area contributed by atoms with Crippen molar-refractivity contribution in [1.29, 1.82) is 0 Å². The maximum Gasteiger partial charge on any atom is 0.0577 e. The molecule has 2 heterocycles. The van der Waals surface area contributed by atoms with Gasteiger partial charge in [-0.05, 0) is 104 Å². The summed E-state index contributed by atoms with van der Waals surface area (Å²) in [5, 5.41) is 10.3. The molecule has 1 N–H and O–H groups in total. The Hall–Kier alpha value is -0.340. The summed E-state index contributed by atoms with van der Waals surface area (Å²) in [4.78, 5) is 3.02.